The summed E-state index contributed by atoms with van der Waals surface area (Å²) in [6.07, 6.45) is 6.18. The van der Waals surface area contributed by atoms with Gasteiger partial charge in [-0.15, -0.1) is 5.10 Å². The fourth-order valence-electron chi connectivity index (χ4n) is 3.09. The molecule has 1 fully saturated rings. The second-order valence-electron chi connectivity index (χ2n) is 6.40. The van der Waals surface area contributed by atoms with Crippen LogP contribution in [0.5, 0.6) is 0 Å². The molecular weight excluding hydrogens is 275 g/mol. The summed E-state index contributed by atoms with van der Waals surface area (Å²) in [6, 6.07) is 2.56. The highest BCUT2D eigenvalue weighted by molar-refractivity contribution is 6.36. The molecule has 116 valence electrons. The summed E-state index contributed by atoms with van der Waals surface area (Å²) in [5.41, 5.74) is 3.47. The molecule has 6 heteroatoms. The first-order valence-corrected chi connectivity index (χ1v) is 8.22. The zero-order valence-electron chi connectivity index (χ0n) is 13.6. The smallest absolute Gasteiger partial charge is 0.241 e. The van der Waals surface area contributed by atoms with Gasteiger partial charge in [0, 0.05) is 30.5 Å². The number of nitrogens with zero attached hydrogens (tertiary/aromatic N) is 3. The minimum Gasteiger partial charge on any atom is -0.351 e. The molecule has 5 nitrogen and oxygen atoms in total. The quantitative estimate of drug-likeness (QED) is 0.867. The van der Waals surface area contributed by atoms with E-state index in [0.29, 0.717) is 36.5 Å². The van der Waals surface area contributed by atoms with Crippen molar-refractivity contribution in [1.29, 1.82) is 0 Å². The number of carbonyl (C=O) groups excluding carboxylic acids is 1. The first-order chi connectivity index (χ1) is 10.6. The molecule has 0 saturated heterocycles. The SMILES string of the molecule is Bc1cc(C2CCC(=O)CC2)n2nc(N[C@@H](C)CC)ncc12. The number of rotatable bonds is 4. The highest BCUT2D eigenvalue weighted by Gasteiger charge is 2.24. The van der Waals surface area contributed by atoms with E-state index in [4.69, 9.17) is 0 Å². The first-order valence-electron chi connectivity index (χ1n) is 8.22. The van der Waals surface area contributed by atoms with E-state index in [0.717, 1.165) is 24.8 Å². The normalized spacial score (nSPS) is 17.8. The fraction of sp³-hybridized carbons (Fsp3) is 0.562. The van der Waals surface area contributed by atoms with E-state index in [1.165, 1.54) is 11.2 Å². The van der Waals surface area contributed by atoms with E-state index in [9.17, 15) is 4.79 Å². The Kier molecular flexibility index (Phi) is 4.18. The number of Topliss-reactive ketones (excluding diaryl/α,β-unsaturated/α-hetero) is 1. The van der Waals surface area contributed by atoms with Gasteiger partial charge in [0.15, 0.2) is 0 Å². The first kappa shape index (κ1) is 15.1. The molecule has 1 atom stereocenters. The van der Waals surface area contributed by atoms with Crippen LogP contribution in [0.3, 0.4) is 0 Å². The summed E-state index contributed by atoms with van der Waals surface area (Å²) in [5.74, 6) is 1.48. The standard InChI is InChI=1S/C16H23BN4O/c1-3-10(2)19-16-18-9-15-13(17)8-14(21(15)20-16)11-4-6-12(22)7-5-11/h8-11H,3-7,17H2,1-2H3,(H,19,20)/t10-/m0/s1. The molecule has 3 rings (SSSR count). The van der Waals surface area contributed by atoms with Crippen LogP contribution in [0.25, 0.3) is 5.52 Å². The molecule has 0 spiro atoms. The number of fused-ring (bicyclic) bond motifs is 1. The average Bonchev–Trinajstić information content (AvgIpc) is 2.84. The van der Waals surface area contributed by atoms with Gasteiger partial charge in [-0.1, -0.05) is 12.4 Å². The van der Waals surface area contributed by atoms with Crippen molar-refractivity contribution in [3.05, 3.63) is 18.0 Å². The average molecular weight is 298 g/mol. The lowest BCUT2D eigenvalue weighted by Gasteiger charge is -2.20. The topological polar surface area (TPSA) is 59.3 Å². The number of anilines is 1. The minimum absolute atomic E-state index is 0.352. The lowest BCUT2D eigenvalue weighted by Crippen LogP contribution is -2.18. The lowest BCUT2D eigenvalue weighted by atomic mass is 9.85. The second-order valence-corrected chi connectivity index (χ2v) is 6.40. The van der Waals surface area contributed by atoms with E-state index in [1.54, 1.807) is 0 Å². The molecule has 0 radical (unpaired) electrons. The Labute approximate surface area is 131 Å². The Morgan fingerprint density at radius 3 is 2.86 bits per heavy atom. The van der Waals surface area contributed by atoms with Crippen LogP contribution >= 0.6 is 0 Å². The van der Waals surface area contributed by atoms with Crippen LogP contribution in [0.15, 0.2) is 12.3 Å². The second kappa shape index (κ2) is 6.11. The molecule has 0 aliphatic heterocycles. The molecule has 1 aliphatic rings. The van der Waals surface area contributed by atoms with Crippen LogP contribution in [-0.4, -0.2) is 34.3 Å². The van der Waals surface area contributed by atoms with Crippen LogP contribution in [-0.2, 0) is 4.79 Å². The van der Waals surface area contributed by atoms with Gasteiger partial charge in [0.1, 0.15) is 13.6 Å². The highest BCUT2D eigenvalue weighted by Crippen LogP contribution is 2.31. The van der Waals surface area contributed by atoms with Crippen LogP contribution in [0.1, 0.15) is 57.6 Å². The van der Waals surface area contributed by atoms with E-state index in [-0.39, 0.29) is 0 Å². The Bertz CT molecular complexity index is 687. The van der Waals surface area contributed by atoms with E-state index >= 15 is 0 Å². The molecule has 0 bridgehead atoms. The monoisotopic (exact) mass is 298 g/mol. The van der Waals surface area contributed by atoms with Crippen molar-refractivity contribution in [2.75, 3.05) is 5.32 Å². The van der Waals surface area contributed by atoms with Crippen LogP contribution in [0, 0.1) is 0 Å². The molecule has 2 aromatic heterocycles. The third-order valence-corrected chi connectivity index (χ3v) is 4.69. The zero-order valence-corrected chi connectivity index (χ0v) is 13.6. The largest absolute Gasteiger partial charge is 0.351 e. The molecule has 22 heavy (non-hydrogen) atoms. The van der Waals surface area contributed by atoms with Crippen molar-refractivity contribution in [2.45, 2.75) is 57.9 Å². The van der Waals surface area contributed by atoms with Crippen LogP contribution in [0.4, 0.5) is 5.95 Å². The third-order valence-electron chi connectivity index (χ3n) is 4.69. The van der Waals surface area contributed by atoms with E-state index < -0.39 is 0 Å². The van der Waals surface area contributed by atoms with Crippen molar-refractivity contribution < 1.29 is 4.79 Å². The van der Waals surface area contributed by atoms with Gasteiger partial charge in [-0.3, -0.25) is 4.79 Å². The Morgan fingerprint density at radius 2 is 2.18 bits per heavy atom. The van der Waals surface area contributed by atoms with Gasteiger partial charge < -0.3 is 5.32 Å². The van der Waals surface area contributed by atoms with Gasteiger partial charge in [-0.25, -0.2) is 9.50 Å². The minimum atomic E-state index is 0.352. The summed E-state index contributed by atoms with van der Waals surface area (Å²) >= 11 is 0. The number of ketones is 1. The van der Waals surface area contributed by atoms with Crippen LogP contribution in [0.2, 0.25) is 0 Å². The molecule has 0 amide bonds. The number of hydrogen-bond acceptors (Lipinski definition) is 4. The van der Waals surface area contributed by atoms with E-state index in [2.05, 4.69) is 43.2 Å². The Morgan fingerprint density at radius 1 is 1.45 bits per heavy atom. The number of aromatic nitrogens is 3. The number of carbonyl (C=O) groups is 1. The van der Waals surface area contributed by atoms with Gasteiger partial charge >= 0.3 is 0 Å². The summed E-state index contributed by atoms with van der Waals surface area (Å²) in [4.78, 5) is 15.9. The van der Waals surface area contributed by atoms with Crippen molar-refractivity contribution >= 4 is 30.6 Å². The third kappa shape index (κ3) is 2.87. The van der Waals surface area contributed by atoms with Crippen LogP contribution < -0.4 is 10.8 Å². The van der Waals surface area contributed by atoms with Gasteiger partial charge in [0.2, 0.25) is 5.95 Å². The van der Waals surface area contributed by atoms with Gasteiger partial charge in [0.05, 0.1) is 11.7 Å². The molecule has 2 aromatic rings. The summed E-state index contributed by atoms with van der Waals surface area (Å²) in [7, 11) is 2.10. The van der Waals surface area contributed by atoms with Crippen molar-refractivity contribution in [3.63, 3.8) is 0 Å². The van der Waals surface area contributed by atoms with Crippen molar-refractivity contribution in [1.82, 2.24) is 14.6 Å². The van der Waals surface area contributed by atoms with Gasteiger partial charge in [-0.2, -0.15) is 0 Å². The molecule has 1 saturated carbocycles. The summed E-state index contributed by atoms with van der Waals surface area (Å²) in [5, 5.41) is 8.02. The molecule has 1 N–H and O–H groups in total. The van der Waals surface area contributed by atoms with Crippen molar-refractivity contribution in [2.24, 2.45) is 0 Å². The lowest BCUT2D eigenvalue weighted by molar-refractivity contribution is -0.120. The summed E-state index contributed by atoms with van der Waals surface area (Å²) in [6.45, 7) is 4.27. The molecule has 2 heterocycles. The Hall–Kier alpha value is -1.85. The van der Waals surface area contributed by atoms with Gasteiger partial charge in [0.25, 0.3) is 0 Å². The molecule has 0 aromatic carbocycles. The number of nitrogens with one attached hydrogen (secondary N) is 1. The van der Waals surface area contributed by atoms with E-state index in [1.807, 2.05) is 10.7 Å². The summed E-state index contributed by atoms with van der Waals surface area (Å²) < 4.78 is 2.02. The highest BCUT2D eigenvalue weighted by atomic mass is 16.1. The molecular formula is C16H23BN4O. The Balaban J connectivity index is 1.95. The zero-order chi connectivity index (χ0) is 15.7. The maximum absolute atomic E-state index is 11.5. The maximum atomic E-state index is 11.5. The predicted octanol–water partition coefficient (Wildman–Crippen LogP) is 1.42. The van der Waals surface area contributed by atoms with Gasteiger partial charge in [-0.05, 0) is 32.3 Å². The maximum Gasteiger partial charge on any atom is 0.241 e. The fourth-order valence-corrected chi connectivity index (χ4v) is 3.09. The molecule has 0 unspecified atom stereocenters. The number of hydrogen-bond donors (Lipinski definition) is 1. The predicted molar refractivity (Wildman–Crippen MR) is 90.8 cm³/mol. The molecule has 1 aliphatic carbocycles. The van der Waals surface area contributed by atoms with Crippen molar-refractivity contribution in [3.8, 4) is 0 Å².